The fourth-order valence-corrected chi connectivity index (χ4v) is 1.65. The third-order valence-corrected chi connectivity index (χ3v) is 2.68. The number of pyridine rings is 1. The molecule has 0 bridgehead atoms. The molecule has 6 nitrogen and oxygen atoms in total. The Hall–Kier alpha value is -2.50. The highest BCUT2D eigenvalue weighted by Crippen LogP contribution is 2.03. The van der Waals surface area contributed by atoms with Gasteiger partial charge in [-0.2, -0.15) is 0 Å². The largest absolute Gasteiger partial charge is 0.341 e. The first-order chi connectivity index (χ1) is 9.63. The van der Waals surface area contributed by atoms with Gasteiger partial charge in [-0.25, -0.2) is 4.79 Å². The topological polar surface area (TPSA) is 79.4 Å². The molecule has 1 unspecified atom stereocenters. The Morgan fingerprint density at radius 3 is 2.70 bits per heavy atom. The van der Waals surface area contributed by atoms with Crippen LogP contribution in [0.5, 0.6) is 0 Å². The van der Waals surface area contributed by atoms with E-state index in [1.807, 2.05) is 0 Å². The lowest BCUT2D eigenvalue weighted by molar-refractivity contribution is -0.124. The molecule has 1 N–H and O–H groups in total. The summed E-state index contributed by atoms with van der Waals surface area (Å²) in [6, 6.07) is 3.69. The van der Waals surface area contributed by atoms with Gasteiger partial charge in [0, 0.05) is 19.8 Å². The first kappa shape index (κ1) is 15.6. The summed E-state index contributed by atoms with van der Waals surface area (Å²) < 4.78 is 0. The van der Waals surface area contributed by atoms with Crippen LogP contribution in [-0.4, -0.2) is 47.6 Å². The van der Waals surface area contributed by atoms with Crippen molar-refractivity contribution < 1.29 is 14.4 Å². The standard InChI is InChI=1S/C14H17N3O3/c1-3-17(14(20)15-2)12(10-18)13(19)8-7-11-6-4-5-9-16-11/h4-10,12H,3H2,1-2H3,(H,15,20). The average molecular weight is 275 g/mol. The van der Waals surface area contributed by atoms with Gasteiger partial charge in [0.1, 0.15) is 0 Å². The number of aromatic nitrogens is 1. The number of carbonyl (C=O) groups is 3. The Morgan fingerprint density at radius 2 is 2.20 bits per heavy atom. The maximum Gasteiger partial charge on any atom is 0.318 e. The number of nitrogens with zero attached hydrogens (tertiary/aromatic N) is 2. The molecule has 20 heavy (non-hydrogen) atoms. The zero-order chi connectivity index (χ0) is 15.0. The second kappa shape index (κ2) is 7.83. The van der Waals surface area contributed by atoms with E-state index in [0.29, 0.717) is 12.0 Å². The predicted molar refractivity (Wildman–Crippen MR) is 75.0 cm³/mol. The molecular weight excluding hydrogens is 258 g/mol. The molecule has 0 aliphatic heterocycles. The van der Waals surface area contributed by atoms with Crippen molar-refractivity contribution >= 4 is 24.2 Å². The van der Waals surface area contributed by atoms with Gasteiger partial charge in [-0.05, 0) is 31.2 Å². The fourth-order valence-electron chi connectivity index (χ4n) is 1.65. The number of likely N-dealkylation sites (N-methyl/N-ethyl adjacent to an activating group) is 1. The summed E-state index contributed by atoms with van der Waals surface area (Å²) in [5.74, 6) is -0.462. The minimum atomic E-state index is -1.13. The Kier molecular flexibility index (Phi) is 6.09. The van der Waals surface area contributed by atoms with Gasteiger partial charge in [0.05, 0.1) is 5.69 Å². The van der Waals surface area contributed by atoms with Crippen LogP contribution in [0.25, 0.3) is 6.08 Å². The molecule has 1 aromatic rings. The van der Waals surface area contributed by atoms with E-state index >= 15 is 0 Å². The van der Waals surface area contributed by atoms with Crippen molar-refractivity contribution in [1.29, 1.82) is 0 Å². The highest BCUT2D eigenvalue weighted by atomic mass is 16.2. The van der Waals surface area contributed by atoms with Gasteiger partial charge in [0.15, 0.2) is 18.1 Å². The Morgan fingerprint density at radius 1 is 1.45 bits per heavy atom. The number of carbonyl (C=O) groups excluding carboxylic acids is 3. The molecule has 106 valence electrons. The van der Waals surface area contributed by atoms with Crippen molar-refractivity contribution in [3.8, 4) is 0 Å². The van der Waals surface area contributed by atoms with Gasteiger partial charge < -0.3 is 15.0 Å². The lowest BCUT2D eigenvalue weighted by atomic mass is 10.1. The smallest absolute Gasteiger partial charge is 0.318 e. The van der Waals surface area contributed by atoms with Gasteiger partial charge in [0.2, 0.25) is 0 Å². The number of amides is 2. The normalized spacial score (nSPS) is 11.9. The van der Waals surface area contributed by atoms with Gasteiger partial charge in [0.25, 0.3) is 0 Å². The molecule has 0 aliphatic carbocycles. The molecule has 0 aromatic carbocycles. The van der Waals surface area contributed by atoms with Crippen molar-refractivity contribution in [1.82, 2.24) is 15.2 Å². The summed E-state index contributed by atoms with van der Waals surface area (Å²) in [4.78, 5) is 39.9. The zero-order valence-corrected chi connectivity index (χ0v) is 11.4. The highest BCUT2D eigenvalue weighted by molar-refractivity contribution is 6.08. The molecule has 2 amide bonds. The van der Waals surface area contributed by atoms with Crippen LogP contribution in [-0.2, 0) is 9.59 Å². The molecule has 0 saturated carbocycles. The number of rotatable bonds is 6. The van der Waals surface area contributed by atoms with E-state index in [9.17, 15) is 14.4 Å². The van der Waals surface area contributed by atoms with Crippen LogP contribution in [0.15, 0.2) is 30.5 Å². The van der Waals surface area contributed by atoms with Crippen LogP contribution in [0.2, 0.25) is 0 Å². The number of hydrogen-bond donors (Lipinski definition) is 1. The monoisotopic (exact) mass is 275 g/mol. The van der Waals surface area contributed by atoms with E-state index in [4.69, 9.17) is 0 Å². The Labute approximate surface area is 117 Å². The van der Waals surface area contributed by atoms with E-state index < -0.39 is 17.9 Å². The van der Waals surface area contributed by atoms with Crippen LogP contribution >= 0.6 is 0 Å². The average Bonchev–Trinajstić information content (AvgIpc) is 2.50. The van der Waals surface area contributed by atoms with Crippen molar-refractivity contribution in [2.24, 2.45) is 0 Å². The third kappa shape index (κ3) is 4.01. The maximum atomic E-state index is 12.0. The molecule has 0 radical (unpaired) electrons. The first-order valence-corrected chi connectivity index (χ1v) is 6.20. The van der Waals surface area contributed by atoms with E-state index in [2.05, 4.69) is 10.3 Å². The summed E-state index contributed by atoms with van der Waals surface area (Å²) >= 11 is 0. The van der Waals surface area contributed by atoms with Gasteiger partial charge in [-0.3, -0.25) is 9.78 Å². The number of hydrogen-bond acceptors (Lipinski definition) is 4. The fraction of sp³-hybridized carbons (Fsp3) is 0.286. The maximum absolute atomic E-state index is 12.0. The van der Waals surface area contributed by atoms with Crippen molar-refractivity contribution in [2.75, 3.05) is 13.6 Å². The Bertz CT molecular complexity index is 500. The van der Waals surface area contributed by atoms with Crippen molar-refractivity contribution in [2.45, 2.75) is 13.0 Å². The highest BCUT2D eigenvalue weighted by Gasteiger charge is 2.25. The van der Waals surface area contributed by atoms with Crippen molar-refractivity contribution in [3.63, 3.8) is 0 Å². The molecule has 1 aromatic heterocycles. The SMILES string of the molecule is CCN(C(=O)NC)C(C=O)C(=O)C=Cc1ccccn1. The van der Waals surface area contributed by atoms with Crippen LogP contribution in [0, 0.1) is 0 Å². The van der Waals surface area contributed by atoms with Crippen molar-refractivity contribution in [3.05, 3.63) is 36.2 Å². The lowest BCUT2D eigenvalue weighted by Gasteiger charge is -2.24. The van der Waals surface area contributed by atoms with Crippen LogP contribution in [0.1, 0.15) is 12.6 Å². The molecular formula is C14H17N3O3. The summed E-state index contributed by atoms with van der Waals surface area (Å²) in [7, 11) is 1.45. The molecule has 1 atom stereocenters. The second-order valence-electron chi connectivity index (χ2n) is 3.91. The van der Waals surface area contributed by atoms with Crippen LogP contribution < -0.4 is 5.32 Å². The van der Waals surface area contributed by atoms with Gasteiger partial charge in [-0.15, -0.1) is 0 Å². The zero-order valence-electron chi connectivity index (χ0n) is 11.4. The minimum absolute atomic E-state index is 0.256. The van der Waals surface area contributed by atoms with Crippen LogP contribution in [0.3, 0.4) is 0 Å². The second-order valence-corrected chi connectivity index (χ2v) is 3.91. The molecule has 6 heteroatoms. The number of ketones is 1. The molecule has 0 spiro atoms. The summed E-state index contributed by atoms with van der Waals surface area (Å²) in [5, 5.41) is 2.40. The molecule has 1 heterocycles. The first-order valence-electron chi connectivity index (χ1n) is 6.20. The van der Waals surface area contributed by atoms with E-state index in [1.165, 1.54) is 19.2 Å². The summed E-state index contributed by atoms with van der Waals surface area (Å²) in [6.45, 7) is 1.95. The number of aldehydes is 1. The Balaban J connectivity index is 2.84. The molecule has 1 rings (SSSR count). The van der Waals surface area contributed by atoms with E-state index in [-0.39, 0.29) is 6.54 Å². The van der Waals surface area contributed by atoms with E-state index in [1.54, 1.807) is 31.3 Å². The molecule has 0 aliphatic rings. The van der Waals surface area contributed by atoms with Gasteiger partial charge in [-0.1, -0.05) is 6.07 Å². The summed E-state index contributed by atoms with van der Waals surface area (Å²) in [6.07, 6.45) is 4.83. The quantitative estimate of drug-likeness (QED) is 0.475. The van der Waals surface area contributed by atoms with Crippen LogP contribution in [0.4, 0.5) is 4.79 Å². The minimum Gasteiger partial charge on any atom is -0.341 e. The molecule has 0 saturated heterocycles. The number of urea groups is 1. The third-order valence-electron chi connectivity index (χ3n) is 2.68. The van der Waals surface area contributed by atoms with Gasteiger partial charge >= 0.3 is 6.03 Å². The van der Waals surface area contributed by atoms with E-state index in [0.717, 1.165) is 4.90 Å². The molecule has 0 fully saturated rings. The number of nitrogens with one attached hydrogen (secondary N) is 1. The lowest BCUT2D eigenvalue weighted by Crippen LogP contribution is -2.49. The summed E-state index contributed by atoms with van der Waals surface area (Å²) in [5.41, 5.74) is 0.605. The predicted octanol–water partition coefficient (Wildman–Crippen LogP) is 0.893.